The SMILES string of the molecule is O=C(NC1CCCC1)C1CCN(c2nc3cc(Cl)c(Cl)cc3n2-c2ccccn2)CC1. The van der Waals surface area contributed by atoms with Gasteiger partial charge in [-0.3, -0.25) is 9.36 Å². The van der Waals surface area contributed by atoms with Crippen LogP contribution in [0.25, 0.3) is 16.9 Å². The summed E-state index contributed by atoms with van der Waals surface area (Å²) < 4.78 is 2.02. The predicted molar refractivity (Wildman–Crippen MR) is 124 cm³/mol. The number of piperidine rings is 1. The lowest BCUT2D eigenvalue weighted by Gasteiger charge is -2.32. The molecule has 0 atom stereocenters. The number of pyridine rings is 1. The molecule has 1 aliphatic carbocycles. The Balaban J connectivity index is 1.41. The fraction of sp³-hybridized carbons (Fsp3) is 0.435. The zero-order chi connectivity index (χ0) is 21.4. The molecule has 3 aromatic rings. The maximum absolute atomic E-state index is 12.7. The van der Waals surface area contributed by atoms with Gasteiger partial charge in [0, 0.05) is 31.2 Å². The first-order chi connectivity index (χ1) is 15.1. The van der Waals surface area contributed by atoms with Crippen molar-refractivity contribution in [2.45, 2.75) is 44.6 Å². The van der Waals surface area contributed by atoms with Crippen molar-refractivity contribution in [3.63, 3.8) is 0 Å². The number of benzene rings is 1. The van der Waals surface area contributed by atoms with Crippen molar-refractivity contribution in [2.75, 3.05) is 18.0 Å². The zero-order valence-corrected chi connectivity index (χ0v) is 18.7. The quantitative estimate of drug-likeness (QED) is 0.598. The van der Waals surface area contributed by atoms with E-state index in [0.29, 0.717) is 16.1 Å². The summed E-state index contributed by atoms with van der Waals surface area (Å²) >= 11 is 12.6. The molecule has 0 bridgehead atoms. The molecule has 1 amide bonds. The van der Waals surface area contributed by atoms with Gasteiger partial charge in [-0.05, 0) is 49.9 Å². The van der Waals surface area contributed by atoms with Crippen molar-refractivity contribution in [3.8, 4) is 5.82 Å². The molecule has 1 N–H and O–H groups in total. The summed E-state index contributed by atoms with van der Waals surface area (Å²) in [4.78, 5) is 24.4. The van der Waals surface area contributed by atoms with Crippen LogP contribution in [0.1, 0.15) is 38.5 Å². The Kier molecular flexibility index (Phi) is 5.76. The molecule has 1 aliphatic heterocycles. The van der Waals surface area contributed by atoms with Crippen LogP contribution < -0.4 is 10.2 Å². The first-order valence-corrected chi connectivity index (χ1v) is 11.7. The number of rotatable bonds is 4. The van der Waals surface area contributed by atoms with Gasteiger partial charge in [0.15, 0.2) is 0 Å². The highest BCUT2D eigenvalue weighted by Gasteiger charge is 2.30. The number of nitrogens with zero attached hydrogens (tertiary/aromatic N) is 4. The number of amides is 1. The van der Waals surface area contributed by atoms with E-state index in [1.807, 2.05) is 28.8 Å². The Morgan fingerprint density at radius 2 is 1.77 bits per heavy atom. The Bertz CT molecular complexity index is 1090. The first kappa shape index (κ1) is 20.6. The number of nitrogens with one attached hydrogen (secondary N) is 1. The summed E-state index contributed by atoms with van der Waals surface area (Å²) in [5.74, 6) is 1.86. The molecule has 1 saturated carbocycles. The summed E-state index contributed by atoms with van der Waals surface area (Å²) in [7, 11) is 0. The van der Waals surface area contributed by atoms with E-state index < -0.39 is 0 Å². The van der Waals surface area contributed by atoms with Crippen molar-refractivity contribution < 1.29 is 4.79 Å². The lowest BCUT2D eigenvalue weighted by Crippen LogP contribution is -2.43. The second-order valence-corrected chi connectivity index (χ2v) is 9.26. The van der Waals surface area contributed by atoms with Crippen LogP contribution in [0, 0.1) is 5.92 Å². The molecular formula is C23H25Cl2N5O. The minimum absolute atomic E-state index is 0.0633. The highest BCUT2D eigenvalue weighted by Crippen LogP contribution is 2.34. The second kappa shape index (κ2) is 8.67. The number of aromatic nitrogens is 3. The van der Waals surface area contributed by atoms with E-state index in [1.165, 1.54) is 12.8 Å². The Hall–Kier alpha value is -2.31. The van der Waals surface area contributed by atoms with Crippen molar-refractivity contribution in [3.05, 3.63) is 46.6 Å². The van der Waals surface area contributed by atoms with Crippen LogP contribution in [0.3, 0.4) is 0 Å². The maximum Gasteiger partial charge on any atom is 0.223 e. The lowest BCUT2D eigenvalue weighted by molar-refractivity contribution is -0.126. The number of anilines is 1. The van der Waals surface area contributed by atoms with Gasteiger partial charge in [-0.15, -0.1) is 0 Å². The van der Waals surface area contributed by atoms with E-state index in [2.05, 4.69) is 15.2 Å². The third-order valence-electron chi connectivity index (χ3n) is 6.41. The van der Waals surface area contributed by atoms with Gasteiger partial charge in [0.2, 0.25) is 11.9 Å². The number of hydrogen-bond donors (Lipinski definition) is 1. The fourth-order valence-corrected chi connectivity index (χ4v) is 5.03. The summed E-state index contributed by atoms with van der Waals surface area (Å²) in [5.41, 5.74) is 1.64. The van der Waals surface area contributed by atoms with Crippen LogP contribution >= 0.6 is 23.2 Å². The summed E-state index contributed by atoms with van der Waals surface area (Å²) in [5, 5.41) is 4.22. The van der Waals surface area contributed by atoms with Gasteiger partial charge in [-0.25, -0.2) is 9.97 Å². The summed E-state index contributed by atoms with van der Waals surface area (Å²) in [6.45, 7) is 1.53. The van der Waals surface area contributed by atoms with Gasteiger partial charge < -0.3 is 10.2 Å². The minimum atomic E-state index is 0.0633. The smallest absolute Gasteiger partial charge is 0.223 e. The highest BCUT2D eigenvalue weighted by atomic mass is 35.5. The van der Waals surface area contributed by atoms with Gasteiger partial charge in [-0.2, -0.15) is 0 Å². The lowest BCUT2D eigenvalue weighted by atomic mass is 9.95. The molecule has 1 aromatic carbocycles. The van der Waals surface area contributed by atoms with Crippen LogP contribution in [-0.4, -0.2) is 39.6 Å². The molecule has 5 rings (SSSR count). The Morgan fingerprint density at radius 3 is 2.48 bits per heavy atom. The number of halogens is 2. The normalized spacial score (nSPS) is 18.1. The van der Waals surface area contributed by atoms with E-state index in [9.17, 15) is 4.79 Å². The molecule has 8 heteroatoms. The molecule has 1 saturated heterocycles. The number of hydrogen-bond acceptors (Lipinski definition) is 4. The van der Waals surface area contributed by atoms with E-state index in [1.54, 1.807) is 12.3 Å². The van der Waals surface area contributed by atoms with Crippen molar-refractivity contribution in [1.29, 1.82) is 0 Å². The van der Waals surface area contributed by atoms with Crippen LogP contribution in [0.4, 0.5) is 5.95 Å². The summed E-state index contributed by atoms with van der Waals surface area (Å²) in [6.07, 6.45) is 8.06. The molecule has 2 aromatic heterocycles. The maximum atomic E-state index is 12.7. The molecule has 0 spiro atoms. The standard InChI is InChI=1S/C23H25Cl2N5O/c24-17-13-19-20(14-18(17)25)30(21-7-3-4-10-26-21)23(28-19)29-11-8-15(9-12-29)22(31)27-16-5-1-2-6-16/h3-4,7,10,13-16H,1-2,5-6,8-9,11-12H2,(H,27,31). The fourth-order valence-electron chi connectivity index (χ4n) is 4.71. The molecular weight excluding hydrogens is 433 g/mol. The molecule has 0 radical (unpaired) electrons. The molecule has 2 aliphatic rings. The van der Waals surface area contributed by atoms with Crippen molar-refractivity contribution >= 4 is 46.1 Å². The Labute approximate surface area is 191 Å². The van der Waals surface area contributed by atoms with E-state index in [4.69, 9.17) is 28.2 Å². The average Bonchev–Trinajstić information content (AvgIpc) is 3.42. The number of carbonyl (C=O) groups is 1. The summed E-state index contributed by atoms with van der Waals surface area (Å²) in [6, 6.07) is 9.80. The van der Waals surface area contributed by atoms with Gasteiger partial charge in [0.1, 0.15) is 5.82 Å². The van der Waals surface area contributed by atoms with Gasteiger partial charge in [0.05, 0.1) is 21.1 Å². The van der Waals surface area contributed by atoms with Crippen LogP contribution in [-0.2, 0) is 4.79 Å². The first-order valence-electron chi connectivity index (χ1n) is 10.9. The third kappa shape index (κ3) is 4.11. The van der Waals surface area contributed by atoms with Crippen molar-refractivity contribution in [1.82, 2.24) is 19.9 Å². The van der Waals surface area contributed by atoms with Gasteiger partial charge in [-0.1, -0.05) is 42.1 Å². The zero-order valence-electron chi connectivity index (χ0n) is 17.2. The third-order valence-corrected chi connectivity index (χ3v) is 7.13. The molecule has 3 heterocycles. The molecule has 31 heavy (non-hydrogen) atoms. The predicted octanol–water partition coefficient (Wildman–Crippen LogP) is 5.00. The Morgan fingerprint density at radius 1 is 1.03 bits per heavy atom. The van der Waals surface area contributed by atoms with Crippen molar-refractivity contribution in [2.24, 2.45) is 5.92 Å². The largest absolute Gasteiger partial charge is 0.353 e. The number of imidazole rings is 1. The minimum Gasteiger partial charge on any atom is -0.353 e. The molecule has 6 nitrogen and oxygen atoms in total. The van der Waals surface area contributed by atoms with Crippen LogP contribution in [0.2, 0.25) is 10.0 Å². The molecule has 2 fully saturated rings. The van der Waals surface area contributed by atoms with Gasteiger partial charge in [0.25, 0.3) is 0 Å². The van der Waals surface area contributed by atoms with Crippen LogP contribution in [0.15, 0.2) is 36.5 Å². The van der Waals surface area contributed by atoms with E-state index in [-0.39, 0.29) is 11.8 Å². The van der Waals surface area contributed by atoms with Gasteiger partial charge >= 0.3 is 0 Å². The van der Waals surface area contributed by atoms with E-state index >= 15 is 0 Å². The highest BCUT2D eigenvalue weighted by molar-refractivity contribution is 6.42. The monoisotopic (exact) mass is 457 g/mol. The molecule has 0 unspecified atom stereocenters. The topological polar surface area (TPSA) is 63.1 Å². The average molecular weight is 458 g/mol. The molecule has 162 valence electrons. The number of carbonyl (C=O) groups excluding carboxylic acids is 1. The number of fused-ring (bicyclic) bond motifs is 1. The van der Waals surface area contributed by atoms with Crippen LogP contribution in [0.5, 0.6) is 0 Å². The van der Waals surface area contributed by atoms with E-state index in [0.717, 1.165) is 61.6 Å². The second-order valence-electron chi connectivity index (χ2n) is 8.44.